The topological polar surface area (TPSA) is 17.8 Å². The van der Waals surface area contributed by atoms with Gasteiger partial charge in [0.15, 0.2) is 0 Å². The van der Waals surface area contributed by atoms with Crippen molar-refractivity contribution in [3.63, 3.8) is 0 Å². The van der Waals surface area contributed by atoms with Crippen LogP contribution in [0.25, 0.3) is 22.5 Å². The van der Waals surface area contributed by atoms with Gasteiger partial charge in [0.05, 0.1) is 17.7 Å². The van der Waals surface area contributed by atoms with Gasteiger partial charge in [-0.05, 0) is 0 Å². The summed E-state index contributed by atoms with van der Waals surface area (Å²) in [6.07, 6.45) is 3.68. The highest BCUT2D eigenvalue weighted by Gasteiger charge is 2.14. The smallest absolute Gasteiger partial charge is 0.0963 e. The number of hydrogen-bond acceptors (Lipinski definition) is 1. The van der Waals surface area contributed by atoms with Crippen LogP contribution >= 0.6 is 0 Å². The number of nitrogens with zero attached hydrogens (tertiary/aromatic N) is 2. The van der Waals surface area contributed by atoms with E-state index in [9.17, 15) is 0 Å². The Balaban J connectivity index is 2.02. The molecule has 0 radical (unpaired) electrons. The van der Waals surface area contributed by atoms with Crippen molar-refractivity contribution < 1.29 is 0 Å². The molecule has 0 aliphatic rings. The van der Waals surface area contributed by atoms with Gasteiger partial charge in [-0.25, -0.2) is 4.98 Å². The Morgan fingerprint density at radius 2 is 1.52 bits per heavy atom. The second kappa shape index (κ2) is 7.47. The Bertz CT molecular complexity index is 805. The first kappa shape index (κ1) is 15.1. The van der Waals surface area contributed by atoms with Gasteiger partial charge < -0.3 is 4.57 Å². The fraction of sp³-hybridized carbons (Fsp3) is 0.190. The Morgan fingerprint density at radius 1 is 0.870 bits per heavy atom. The fourth-order valence-corrected chi connectivity index (χ4v) is 2.65. The van der Waals surface area contributed by atoms with E-state index < -0.39 is 0 Å². The van der Waals surface area contributed by atoms with E-state index in [2.05, 4.69) is 76.8 Å². The molecule has 0 aliphatic carbocycles. The molecule has 0 bridgehead atoms. The number of benzene rings is 2. The standard InChI is InChI=1S/C21H20N2/c1-2-3-4-11-16-23-17-22-20(18-12-7-5-8-13-18)21(23)19-14-9-6-10-15-19/h5-10,12-15,17H,2,11,16H2,1H3. The Morgan fingerprint density at radius 3 is 2.17 bits per heavy atom. The zero-order valence-corrected chi connectivity index (χ0v) is 13.4. The van der Waals surface area contributed by atoms with Crippen molar-refractivity contribution in [3.8, 4) is 34.4 Å². The van der Waals surface area contributed by atoms with E-state index in [1.807, 2.05) is 18.5 Å². The summed E-state index contributed by atoms with van der Waals surface area (Å²) in [5.74, 6) is 6.35. The molecule has 0 atom stereocenters. The van der Waals surface area contributed by atoms with Gasteiger partial charge in [0.1, 0.15) is 0 Å². The van der Waals surface area contributed by atoms with Gasteiger partial charge in [-0.3, -0.25) is 0 Å². The van der Waals surface area contributed by atoms with Gasteiger partial charge in [0.25, 0.3) is 0 Å². The van der Waals surface area contributed by atoms with Crippen LogP contribution in [0.3, 0.4) is 0 Å². The van der Waals surface area contributed by atoms with Gasteiger partial charge >= 0.3 is 0 Å². The van der Waals surface area contributed by atoms with Crippen LogP contribution in [0, 0.1) is 11.8 Å². The molecule has 0 fully saturated rings. The maximum absolute atomic E-state index is 4.68. The van der Waals surface area contributed by atoms with Crippen LogP contribution in [-0.2, 0) is 6.54 Å². The summed E-state index contributed by atoms with van der Waals surface area (Å²) in [6, 6.07) is 20.8. The number of imidazole rings is 1. The molecule has 1 heterocycles. The molecule has 2 nitrogen and oxygen atoms in total. The monoisotopic (exact) mass is 300 g/mol. The molecule has 0 amide bonds. The lowest BCUT2D eigenvalue weighted by atomic mass is 10.0. The van der Waals surface area contributed by atoms with Crippen molar-refractivity contribution >= 4 is 0 Å². The van der Waals surface area contributed by atoms with Crippen LogP contribution in [-0.4, -0.2) is 9.55 Å². The van der Waals surface area contributed by atoms with Crippen LogP contribution in [0.15, 0.2) is 67.0 Å². The summed E-state index contributed by atoms with van der Waals surface area (Å²) in [5, 5.41) is 0. The van der Waals surface area contributed by atoms with E-state index in [4.69, 9.17) is 0 Å². The van der Waals surface area contributed by atoms with Gasteiger partial charge in [-0.15, -0.1) is 11.8 Å². The molecule has 1 aromatic heterocycles. The van der Waals surface area contributed by atoms with Gasteiger partial charge in [0.2, 0.25) is 0 Å². The van der Waals surface area contributed by atoms with Crippen molar-refractivity contribution in [2.24, 2.45) is 0 Å². The van der Waals surface area contributed by atoms with Crippen LogP contribution in [0.1, 0.15) is 19.8 Å². The number of rotatable bonds is 4. The van der Waals surface area contributed by atoms with Crippen molar-refractivity contribution in [2.45, 2.75) is 26.3 Å². The lowest BCUT2D eigenvalue weighted by molar-refractivity contribution is 0.725. The van der Waals surface area contributed by atoms with E-state index >= 15 is 0 Å². The minimum Gasteiger partial charge on any atom is -0.329 e. The summed E-state index contributed by atoms with van der Waals surface area (Å²) in [4.78, 5) is 4.68. The lowest BCUT2D eigenvalue weighted by Gasteiger charge is -2.09. The minimum atomic E-state index is 0.845. The summed E-state index contributed by atoms with van der Waals surface area (Å²) >= 11 is 0. The summed E-state index contributed by atoms with van der Waals surface area (Å²) in [7, 11) is 0. The highest BCUT2D eigenvalue weighted by Crippen LogP contribution is 2.31. The maximum Gasteiger partial charge on any atom is 0.0963 e. The molecule has 2 heteroatoms. The maximum atomic E-state index is 4.68. The average Bonchev–Trinajstić information content (AvgIpc) is 3.04. The zero-order chi connectivity index (χ0) is 15.9. The minimum absolute atomic E-state index is 0.845. The molecule has 0 N–H and O–H groups in total. The molecule has 0 spiro atoms. The van der Waals surface area contributed by atoms with Crippen molar-refractivity contribution in [1.82, 2.24) is 9.55 Å². The van der Waals surface area contributed by atoms with Gasteiger partial charge in [-0.1, -0.05) is 67.6 Å². The third-order valence-corrected chi connectivity index (χ3v) is 3.71. The molecule has 0 saturated carbocycles. The Labute approximate surface area is 137 Å². The van der Waals surface area contributed by atoms with Crippen LogP contribution in [0.5, 0.6) is 0 Å². The summed E-state index contributed by atoms with van der Waals surface area (Å²) < 4.78 is 2.21. The van der Waals surface area contributed by atoms with E-state index in [0.29, 0.717) is 0 Å². The van der Waals surface area contributed by atoms with Crippen molar-refractivity contribution in [3.05, 3.63) is 67.0 Å². The molecule has 3 rings (SSSR count). The average molecular weight is 300 g/mol. The van der Waals surface area contributed by atoms with E-state index in [1.54, 1.807) is 0 Å². The molecule has 114 valence electrons. The number of aryl methyl sites for hydroxylation is 1. The van der Waals surface area contributed by atoms with E-state index in [-0.39, 0.29) is 0 Å². The second-order valence-electron chi connectivity index (χ2n) is 5.32. The van der Waals surface area contributed by atoms with Crippen LogP contribution in [0.2, 0.25) is 0 Å². The predicted octanol–water partition coefficient (Wildman–Crippen LogP) is 5.02. The molecule has 3 aromatic rings. The Kier molecular flexibility index (Phi) is 4.91. The highest BCUT2D eigenvalue weighted by molar-refractivity contribution is 5.78. The molecule has 0 aliphatic heterocycles. The quantitative estimate of drug-likeness (QED) is 0.619. The lowest BCUT2D eigenvalue weighted by Crippen LogP contribution is -1.98. The molecule has 2 aromatic carbocycles. The highest BCUT2D eigenvalue weighted by atomic mass is 15.1. The van der Waals surface area contributed by atoms with Gasteiger partial charge in [0, 0.05) is 30.5 Å². The summed E-state index contributed by atoms with van der Waals surface area (Å²) in [6.45, 7) is 2.93. The zero-order valence-electron chi connectivity index (χ0n) is 13.4. The molecule has 0 saturated heterocycles. The molecule has 23 heavy (non-hydrogen) atoms. The van der Waals surface area contributed by atoms with Crippen LogP contribution in [0.4, 0.5) is 0 Å². The van der Waals surface area contributed by atoms with Gasteiger partial charge in [-0.2, -0.15) is 0 Å². The second-order valence-corrected chi connectivity index (χ2v) is 5.32. The van der Waals surface area contributed by atoms with Crippen molar-refractivity contribution in [2.75, 3.05) is 0 Å². The van der Waals surface area contributed by atoms with Crippen LogP contribution < -0.4 is 0 Å². The van der Waals surface area contributed by atoms with Crippen molar-refractivity contribution in [1.29, 1.82) is 0 Å². The first-order valence-electron chi connectivity index (χ1n) is 8.02. The SMILES string of the molecule is CCC#CCCn1cnc(-c2ccccc2)c1-c1ccccc1. The number of aromatic nitrogens is 2. The first-order chi connectivity index (χ1) is 11.4. The third-order valence-electron chi connectivity index (χ3n) is 3.71. The number of hydrogen-bond donors (Lipinski definition) is 0. The largest absolute Gasteiger partial charge is 0.329 e. The molecule has 0 unspecified atom stereocenters. The predicted molar refractivity (Wildman–Crippen MR) is 95.8 cm³/mol. The fourth-order valence-electron chi connectivity index (χ4n) is 2.65. The normalized spacial score (nSPS) is 10.1. The Hall–Kier alpha value is -2.79. The molecular formula is C21H20N2. The van der Waals surface area contributed by atoms with E-state index in [1.165, 1.54) is 5.56 Å². The third kappa shape index (κ3) is 3.52. The van der Waals surface area contributed by atoms with E-state index in [0.717, 1.165) is 36.3 Å². The first-order valence-corrected chi connectivity index (χ1v) is 8.02. The summed E-state index contributed by atoms with van der Waals surface area (Å²) in [5.41, 5.74) is 4.52. The molecular weight excluding hydrogens is 280 g/mol.